The molecule has 20 heavy (non-hydrogen) atoms. The van der Waals surface area contributed by atoms with Gasteiger partial charge in [-0.1, -0.05) is 15.9 Å². The number of nitrogens with zero attached hydrogens (tertiary/aromatic N) is 1. The monoisotopic (exact) mass is 332 g/mol. The molecule has 0 fully saturated rings. The Labute approximate surface area is 125 Å². The van der Waals surface area contributed by atoms with Crippen LogP contribution in [-0.2, 0) is 0 Å². The smallest absolute Gasteiger partial charge is 0.121 e. The molecule has 0 saturated heterocycles. The van der Waals surface area contributed by atoms with Crippen molar-refractivity contribution in [3.63, 3.8) is 0 Å². The van der Waals surface area contributed by atoms with Crippen molar-refractivity contribution in [1.29, 1.82) is 5.26 Å². The summed E-state index contributed by atoms with van der Waals surface area (Å²) < 4.78 is 0.853. The topological polar surface area (TPSA) is 76.3 Å². The predicted molar refractivity (Wildman–Crippen MR) is 80.7 cm³/mol. The van der Waals surface area contributed by atoms with Gasteiger partial charge in [-0.3, -0.25) is 0 Å². The Balaban J connectivity index is 2.32. The normalized spacial score (nSPS) is 11.7. The molecule has 2 aromatic carbocycles. The molecule has 0 spiro atoms. The fraction of sp³-hybridized carbons (Fsp3) is 0.133. The summed E-state index contributed by atoms with van der Waals surface area (Å²) in [4.78, 5) is 0. The molecule has 0 aromatic heterocycles. The number of benzene rings is 2. The maximum atomic E-state index is 9.84. The van der Waals surface area contributed by atoms with Gasteiger partial charge in [-0.15, -0.1) is 0 Å². The van der Waals surface area contributed by atoms with E-state index in [4.69, 9.17) is 5.26 Å². The van der Waals surface area contributed by atoms with Gasteiger partial charge < -0.3 is 15.5 Å². The van der Waals surface area contributed by atoms with Crippen molar-refractivity contribution >= 4 is 21.6 Å². The molecule has 0 amide bonds. The average molecular weight is 333 g/mol. The Morgan fingerprint density at radius 1 is 1.20 bits per heavy atom. The molecule has 2 rings (SSSR count). The zero-order chi connectivity index (χ0) is 14.7. The number of hydrogen-bond acceptors (Lipinski definition) is 4. The molecule has 0 radical (unpaired) electrons. The SMILES string of the molecule is CC(Nc1cc(Br)ccc1C#N)c1cc(O)ccc1O. The van der Waals surface area contributed by atoms with Crippen LogP contribution in [0.5, 0.6) is 11.5 Å². The van der Waals surface area contributed by atoms with Gasteiger partial charge in [0.2, 0.25) is 0 Å². The third-order valence-electron chi connectivity index (χ3n) is 2.95. The van der Waals surface area contributed by atoms with E-state index >= 15 is 0 Å². The highest BCUT2D eigenvalue weighted by molar-refractivity contribution is 9.10. The van der Waals surface area contributed by atoms with Gasteiger partial charge in [-0.05, 0) is 43.3 Å². The molecule has 0 aliphatic rings. The molecule has 0 heterocycles. The number of phenols is 2. The second kappa shape index (κ2) is 5.85. The molecule has 0 aliphatic carbocycles. The second-order valence-electron chi connectivity index (χ2n) is 4.41. The van der Waals surface area contributed by atoms with Crippen molar-refractivity contribution in [3.8, 4) is 17.6 Å². The number of halogens is 1. The third-order valence-corrected chi connectivity index (χ3v) is 3.44. The Bertz CT molecular complexity index is 680. The van der Waals surface area contributed by atoms with Crippen LogP contribution in [0.3, 0.4) is 0 Å². The first-order valence-corrected chi connectivity index (χ1v) is 6.78. The van der Waals surface area contributed by atoms with Crippen molar-refractivity contribution in [2.45, 2.75) is 13.0 Å². The van der Waals surface area contributed by atoms with Gasteiger partial charge >= 0.3 is 0 Å². The van der Waals surface area contributed by atoms with Gasteiger partial charge in [-0.2, -0.15) is 5.26 Å². The number of hydrogen-bond donors (Lipinski definition) is 3. The largest absolute Gasteiger partial charge is 0.508 e. The van der Waals surface area contributed by atoms with Crippen LogP contribution in [0.4, 0.5) is 5.69 Å². The summed E-state index contributed by atoms with van der Waals surface area (Å²) in [5.41, 5.74) is 1.74. The van der Waals surface area contributed by atoms with E-state index in [1.54, 1.807) is 18.2 Å². The maximum Gasteiger partial charge on any atom is 0.121 e. The fourth-order valence-electron chi connectivity index (χ4n) is 1.93. The first-order chi connectivity index (χ1) is 9.51. The van der Waals surface area contributed by atoms with Gasteiger partial charge in [0.15, 0.2) is 0 Å². The van der Waals surface area contributed by atoms with Crippen LogP contribution in [0.25, 0.3) is 0 Å². The average Bonchev–Trinajstić information content (AvgIpc) is 2.41. The summed E-state index contributed by atoms with van der Waals surface area (Å²) >= 11 is 3.36. The second-order valence-corrected chi connectivity index (χ2v) is 5.33. The van der Waals surface area contributed by atoms with Crippen LogP contribution in [0.15, 0.2) is 40.9 Å². The van der Waals surface area contributed by atoms with Crippen molar-refractivity contribution in [3.05, 3.63) is 52.0 Å². The fourth-order valence-corrected chi connectivity index (χ4v) is 2.29. The Hall–Kier alpha value is -2.19. The van der Waals surface area contributed by atoms with Crippen molar-refractivity contribution in [2.24, 2.45) is 0 Å². The number of phenolic OH excluding ortho intramolecular Hbond substituents is 2. The van der Waals surface area contributed by atoms with Crippen LogP contribution in [-0.4, -0.2) is 10.2 Å². The molecule has 4 nitrogen and oxygen atoms in total. The van der Waals surface area contributed by atoms with Crippen LogP contribution in [0.2, 0.25) is 0 Å². The summed E-state index contributed by atoms with van der Waals surface area (Å²) in [5.74, 6) is 0.178. The van der Waals surface area contributed by atoms with Crippen molar-refractivity contribution < 1.29 is 10.2 Å². The summed E-state index contributed by atoms with van der Waals surface area (Å²) in [5, 5.41) is 31.6. The minimum Gasteiger partial charge on any atom is -0.508 e. The highest BCUT2D eigenvalue weighted by Gasteiger charge is 2.13. The molecule has 3 N–H and O–H groups in total. The van der Waals surface area contributed by atoms with Crippen LogP contribution in [0.1, 0.15) is 24.1 Å². The molecular weight excluding hydrogens is 320 g/mol. The van der Waals surface area contributed by atoms with Gasteiger partial charge in [0, 0.05) is 10.0 Å². The van der Waals surface area contributed by atoms with E-state index in [1.807, 2.05) is 6.92 Å². The number of aromatic hydroxyl groups is 2. The Kier molecular flexibility index (Phi) is 4.16. The first-order valence-electron chi connectivity index (χ1n) is 5.99. The van der Waals surface area contributed by atoms with Crippen LogP contribution in [0, 0.1) is 11.3 Å². The van der Waals surface area contributed by atoms with E-state index in [1.165, 1.54) is 18.2 Å². The Morgan fingerprint density at radius 2 is 1.95 bits per heavy atom. The summed E-state index contributed by atoms with van der Waals surface area (Å²) in [6.07, 6.45) is 0. The van der Waals surface area contributed by atoms with E-state index in [0.29, 0.717) is 16.8 Å². The Morgan fingerprint density at radius 3 is 2.65 bits per heavy atom. The minimum absolute atomic E-state index is 0.0844. The van der Waals surface area contributed by atoms with Crippen molar-refractivity contribution in [2.75, 3.05) is 5.32 Å². The minimum atomic E-state index is -0.261. The van der Waals surface area contributed by atoms with E-state index in [9.17, 15) is 10.2 Å². The predicted octanol–water partition coefficient (Wildman–Crippen LogP) is 3.91. The van der Waals surface area contributed by atoms with Gasteiger partial charge in [-0.25, -0.2) is 0 Å². The number of nitriles is 1. The van der Waals surface area contributed by atoms with E-state index in [-0.39, 0.29) is 17.5 Å². The third kappa shape index (κ3) is 3.03. The molecule has 102 valence electrons. The molecule has 0 saturated carbocycles. The summed E-state index contributed by atoms with van der Waals surface area (Å²) in [6, 6.07) is 11.5. The van der Waals surface area contributed by atoms with Gasteiger partial charge in [0.1, 0.15) is 17.6 Å². The lowest BCUT2D eigenvalue weighted by Gasteiger charge is -2.18. The molecule has 0 aliphatic heterocycles. The lowest BCUT2D eigenvalue weighted by atomic mass is 10.1. The van der Waals surface area contributed by atoms with E-state index in [0.717, 1.165) is 4.47 Å². The van der Waals surface area contributed by atoms with Gasteiger partial charge in [0.25, 0.3) is 0 Å². The maximum absolute atomic E-state index is 9.84. The van der Waals surface area contributed by atoms with E-state index in [2.05, 4.69) is 27.3 Å². The molecule has 2 aromatic rings. The zero-order valence-electron chi connectivity index (χ0n) is 10.8. The molecule has 5 heteroatoms. The first kappa shape index (κ1) is 14.2. The van der Waals surface area contributed by atoms with Gasteiger partial charge in [0.05, 0.1) is 17.3 Å². The van der Waals surface area contributed by atoms with Crippen molar-refractivity contribution in [1.82, 2.24) is 0 Å². The molecule has 1 atom stereocenters. The molecule has 0 bridgehead atoms. The number of nitrogens with one attached hydrogen (secondary N) is 1. The van der Waals surface area contributed by atoms with Crippen LogP contribution < -0.4 is 5.32 Å². The van der Waals surface area contributed by atoms with E-state index < -0.39 is 0 Å². The lowest BCUT2D eigenvalue weighted by Crippen LogP contribution is -2.08. The number of rotatable bonds is 3. The quantitative estimate of drug-likeness (QED) is 0.745. The number of anilines is 1. The standard InChI is InChI=1S/C15H13BrN2O2/c1-9(13-7-12(19)4-5-15(13)20)18-14-6-11(16)3-2-10(14)8-17/h2-7,9,18-20H,1H3. The summed E-state index contributed by atoms with van der Waals surface area (Å²) in [6.45, 7) is 1.84. The zero-order valence-corrected chi connectivity index (χ0v) is 12.3. The highest BCUT2D eigenvalue weighted by atomic mass is 79.9. The molecular formula is C15H13BrN2O2. The molecule has 1 unspecified atom stereocenters. The summed E-state index contributed by atoms with van der Waals surface area (Å²) in [7, 11) is 0. The highest BCUT2D eigenvalue weighted by Crippen LogP contribution is 2.31. The van der Waals surface area contributed by atoms with Crippen LogP contribution >= 0.6 is 15.9 Å². The lowest BCUT2D eigenvalue weighted by molar-refractivity contribution is 0.451.